The molecule has 3 nitrogen and oxygen atoms in total. The highest BCUT2D eigenvalue weighted by Crippen LogP contribution is 2.39. The number of esters is 1. The third kappa shape index (κ3) is 7.85. The highest BCUT2D eigenvalue weighted by atomic mass is 16.5. The van der Waals surface area contributed by atoms with E-state index in [1.54, 1.807) is 12.1 Å². The Balaban J connectivity index is 2.68. The first-order chi connectivity index (χ1) is 13.0. The molecule has 0 bridgehead atoms. The van der Waals surface area contributed by atoms with Gasteiger partial charge in [-0.15, -0.1) is 0 Å². The Morgan fingerprint density at radius 3 is 1.68 bits per heavy atom. The van der Waals surface area contributed by atoms with Crippen LogP contribution in [0.1, 0.15) is 121 Å². The standard InChI is InChI=1S/C25H42O3/c1-8-9-10-11-12-13-14-15-16-28-23(27)19-17-20(24(2,3)4)22(26)21(18-19)25(5,6)7/h17-18,26H,8-16H2,1-7H3. The number of unbranched alkanes of at least 4 members (excludes halogenated alkanes) is 7. The average Bonchev–Trinajstić information content (AvgIpc) is 2.58. The first-order valence-corrected chi connectivity index (χ1v) is 11.0. The normalized spacial score (nSPS) is 12.2. The van der Waals surface area contributed by atoms with Gasteiger partial charge in [0.25, 0.3) is 0 Å². The number of carbonyl (C=O) groups is 1. The fourth-order valence-electron chi connectivity index (χ4n) is 3.38. The Labute approximate surface area is 172 Å². The number of aromatic hydroxyl groups is 1. The van der Waals surface area contributed by atoms with E-state index in [1.807, 2.05) is 41.5 Å². The molecule has 0 aromatic heterocycles. The van der Waals surface area contributed by atoms with Crippen LogP contribution in [-0.4, -0.2) is 17.7 Å². The predicted molar refractivity (Wildman–Crippen MR) is 118 cm³/mol. The fraction of sp³-hybridized carbons (Fsp3) is 0.720. The fourth-order valence-corrected chi connectivity index (χ4v) is 3.38. The molecule has 0 radical (unpaired) electrons. The van der Waals surface area contributed by atoms with Gasteiger partial charge in [-0.05, 0) is 29.4 Å². The van der Waals surface area contributed by atoms with Gasteiger partial charge >= 0.3 is 5.97 Å². The Kier molecular flexibility index (Phi) is 9.53. The number of rotatable bonds is 10. The summed E-state index contributed by atoms with van der Waals surface area (Å²) in [5, 5.41) is 10.8. The molecule has 0 aliphatic rings. The maximum atomic E-state index is 12.6. The lowest BCUT2D eigenvalue weighted by Crippen LogP contribution is -2.19. The first kappa shape index (κ1) is 24.5. The first-order valence-electron chi connectivity index (χ1n) is 11.0. The Morgan fingerprint density at radius 2 is 1.25 bits per heavy atom. The minimum Gasteiger partial charge on any atom is -0.507 e. The van der Waals surface area contributed by atoms with Crippen LogP contribution >= 0.6 is 0 Å². The zero-order valence-corrected chi connectivity index (χ0v) is 19.3. The Hall–Kier alpha value is -1.51. The van der Waals surface area contributed by atoms with Crippen molar-refractivity contribution in [1.82, 2.24) is 0 Å². The van der Waals surface area contributed by atoms with Gasteiger partial charge in [0.15, 0.2) is 0 Å². The summed E-state index contributed by atoms with van der Waals surface area (Å²) in [6, 6.07) is 3.58. The largest absolute Gasteiger partial charge is 0.507 e. The van der Waals surface area contributed by atoms with Crippen LogP contribution in [0.4, 0.5) is 0 Å². The number of benzene rings is 1. The van der Waals surface area contributed by atoms with Gasteiger partial charge in [0.2, 0.25) is 0 Å². The molecule has 0 amide bonds. The van der Waals surface area contributed by atoms with Crippen LogP contribution in [0.15, 0.2) is 12.1 Å². The molecule has 0 spiro atoms. The third-order valence-corrected chi connectivity index (χ3v) is 5.19. The van der Waals surface area contributed by atoms with Gasteiger partial charge in [-0.2, -0.15) is 0 Å². The Morgan fingerprint density at radius 1 is 0.821 bits per heavy atom. The van der Waals surface area contributed by atoms with Crippen molar-refractivity contribution in [3.8, 4) is 5.75 Å². The molecule has 1 rings (SSSR count). The number of hydrogen-bond donors (Lipinski definition) is 1. The molecule has 1 aromatic rings. The summed E-state index contributed by atoms with van der Waals surface area (Å²) in [7, 11) is 0. The van der Waals surface area contributed by atoms with Gasteiger partial charge in [0.1, 0.15) is 5.75 Å². The zero-order chi connectivity index (χ0) is 21.4. The molecule has 0 atom stereocenters. The van der Waals surface area contributed by atoms with Crippen molar-refractivity contribution in [1.29, 1.82) is 0 Å². The highest BCUT2D eigenvalue weighted by Gasteiger charge is 2.28. The minimum absolute atomic E-state index is 0.252. The van der Waals surface area contributed by atoms with Gasteiger partial charge in [0, 0.05) is 11.1 Å². The van der Waals surface area contributed by atoms with Crippen LogP contribution in [0, 0.1) is 0 Å². The molecule has 0 heterocycles. The van der Waals surface area contributed by atoms with Crippen LogP contribution in [0.3, 0.4) is 0 Å². The molecular weight excluding hydrogens is 348 g/mol. The molecule has 0 fully saturated rings. The number of hydrogen-bond acceptors (Lipinski definition) is 3. The molecule has 0 saturated carbocycles. The van der Waals surface area contributed by atoms with Crippen LogP contribution in [0.2, 0.25) is 0 Å². The molecular formula is C25H42O3. The maximum Gasteiger partial charge on any atom is 0.338 e. The van der Waals surface area contributed by atoms with Crippen LogP contribution < -0.4 is 0 Å². The quantitative estimate of drug-likeness (QED) is 0.337. The summed E-state index contributed by atoms with van der Waals surface area (Å²) < 4.78 is 5.53. The van der Waals surface area contributed by atoms with E-state index < -0.39 is 0 Å². The molecule has 160 valence electrons. The van der Waals surface area contributed by atoms with Gasteiger partial charge in [-0.3, -0.25) is 0 Å². The summed E-state index contributed by atoms with van der Waals surface area (Å²) in [6.45, 7) is 15.0. The van der Waals surface area contributed by atoms with E-state index in [4.69, 9.17) is 4.74 Å². The van der Waals surface area contributed by atoms with Gasteiger partial charge in [-0.25, -0.2) is 4.79 Å². The zero-order valence-electron chi connectivity index (χ0n) is 19.3. The average molecular weight is 391 g/mol. The smallest absolute Gasteiger partial charge is 0.338 e. The van der Waals surface area contributed by atoms with E-state index in [2.05, 4.69) is 6.92 Å². The van der Waals surface area contributed by atoms with E-state index in [0.717, 1.165) is 24.0 Å². The predicted octanol–water partition coefficient (Wildman–Crippen LogP) is 7.28. The van der Waals surface area contributed by atoms with Gasteiger partial charge < -0.3 is 9.84 Å². The van der Waals surface area contributed by atoms with E-state index in [-0.39, 0.29) is 16.8 Å². The number of phenols is 1. The SMILES string of the molecule is CCCCCCCCCCOC(=O)c1cc(C(C)(C)C)c(O)c(C(C)(C)C)c1. The van der Waals surface area contributed by atoms with Crippen molar-refractivity contribution >= 4 is 5.97 Å². The molecule has 1 aromatic carbocycles. The number of carbonyl (C=O) groups excluding carboxylic acids is 1. The summed E-state index contributed by atoms with van der Waals surface area (Å²) in [6.07, 6.45) is 9.76. The third-order valence-electron chi connectivity index (χ3n) is 5.19. The van der Waals surface area contributed by atoms with Crippen LogP contribution in [0.5, 0.6) is 5.75 Å². The summed E-state index contributed by atoms with van der Waals surface area (Å²) in [5.74, 6) is -0.00133. The lowest BCUT2D eigenvalue weighted by Gasteiger charge is -2.28. The van der Waals surface area contributed by atoms with Crippen LogP contribution in [0.25, 0.3) is 0 Å². The second-order valence-electron chi connectivity index (χ2n) is 10.0. The maximum absolute atomic E-state index is 12.6. The van der Waals surface area contributed by atoms with E-state index >= 15 is 0 Å². The van der Waals surface area contributed by atoms with Crippen molar-refractivity contribution in [2.24, 2.45) is 0 Å². The van der Waals surface area contributed by atoms with E-state index in [1.165, 1.54) is 38.5 Å². The van der Waals surface area contributed by atoms with Crippen LogP contribution in [-0.2, 0) is 15.6 Å². The summed E-state index contributed by atoms with van der Waals surface area (Å²) in [5.41, 5.74) is 1.61. The molecule has 3 heteroatoms. The van der Waals surface area contributed by atoms with Gasteiger partial charge in [-0.1, -0.05) is 93.4 Å². The minimum atomic E-state index is -0.293. The summed E-state index contributed by atoms with van der Waals surface area (Å²) >= 11 is 0. The molecule has 1 N–H and O–H groups in total. The topological polar surface area (TPSA) is 46.5 Å². The van der Waals surface area contributed by atoms with Crippen molar-refractivity contribution in [3.05, 3.63) is 28.8 Å². The monoisotopic (exact) mass is 390 g/mol. The van der Waals surface area contributed by atoms with Crippen molar-refractivity contribution < 1.29 is 14.6 Å². The lowest BCUT2D eigenvalue weighted by molar-refractivity contribution is 0.0497. The molecule has 0 aliphatic heterocycles. The van der Waals surface area contributed by atoms with Crippen molar-refractivity contribution in [2.75, 3.05) is 6.61 Å². The molecule has 28 heavy (non-hydrogen) atoms. The second-order valence-corrected chi connectivity index (χ2v) is 10.0. The molecule has 0 saturated heterocycles. The summed E-state index contributed by atoms with van der Waals surface area (Å²) in [4.78, 5) is 12.6. The lowest BCUT2D eigenvalue weighted by atomic mass is 9.78. The van der Waals surface area contributed by atoms with Gasteiger partial charge in [0.05, 0.1) is 12.2 Å². The number of ether oxygens (including phenoxy) is 1. The van der Waals surface area contributed by atoms with E-state index in [9.17, 15) is 9.90 Å². The molecule has 0 aliphatic carbocycles. The molecule has 0 unspecified atom stereocenters. The highest BCUT2D eigenvalue weighted by molar-refractivity contribution is 5.90. The van der Waals surface area contributed by atoms with Crippen molar-refractivity contribution in [3.63, 3.8) is 0 Å². The van der Waals surface area contributed by atoms with E-state index in [0.29, 0.717) is 17.9 Å². The van der Waals surface area contributed by atoms with Crippen molar-refractivity contribution in [2.45, 2.75) is 111 Å². The number of phenolic OH excluding ortho intramolecular Hbond substituents is 1. The second kappa shape index (κ2) is 10.9. The Bertz CT molecular complexity index is 583.